The number of rotatable bonds is 6. The predicted octanol–water partition coefficient (Wildman–Crippen LogP) is 2.41. The predicted molar refractivity (Wildman–Crippen MR) is 90.0 cm³/mol. The third kappa shape index (κ3) is 4.77. The van der Waals surface area contributed by atoms with Gasteiger partial charge in [0.15, 0.2) is 0 Å². The first-order valence-electron chi connectivity index (χ1n) is 7.08. The summed E-state index contributed by atoms with van der Waals surface area (Å²) in [5, 5.41) is 0.342. The largest absolute Gasteiger partial charge is 0.460 e. The molecule has 2 rings (SSSR count). The van der Waals surface area contributed by atoms with E-state index in [1.165, 1.54) is 25.4 Å². The highest BCUT2D eigenvalue weighted by Crippen LogP contribution is 2.15. The first-order valence-corrected chi connectivity index (χ1v) is 8.90. The smallest absolute Gasteiger partial charge is 0.321 e. The van der Waals surface area contributed by atoms with Crippen molar-refractivity contribution >= 4 is 27.6 Å². The van der Waals surface area contributed by atoms with Crippen LogP contribution in [0.1, 0.15) is 11.1 Å². The molecule has 0 unspecified atom stereocenters. The van der Waals surface area contributed by atoms with E-state index in [4.69, 9.17) is 16.3 Å². The molecule has 2 aromatic rings. The number of hydrogen-bond acceptors (Lipinski definition) is 5. The summed E-state index contributed by atoms with van der Waals surface area (Å²) in [5.74, 6) is -0.650. The van der Waals surface area contributed by atoms with E-state index < -0.39 is 16.0 Å². The average Bonchev–Trinajstić information content (AvgIpc) is 2.54. The third-order valence-electron chi connectivity index (χ3n) is 3.27. The molecular formula is C16H17ClN2O4S. The van der Waals surface area contributed by atoms with Crippen LogP contribution in [0.5, 0.6) is 0 Å². The van der Waals surface area contributed by atoms with Gasteiger partial charge in [-0.25, -0.2) is 13.4 Å². The van der Waals surface area contributed by atoms with Crippen LogP contribution >= 0.6 is 11.6 Å². The Morgan fingerprint density at radius 2 is 1.88 bits per heavy atom. The molecule has 0 N–H and O–H groups in total. The fourth-order valence-corrected chi connectivity index (χ4v) is 3.09. The Morgan fingerprint density at radius 1 is 1.21 bits per heavy atom. The van der Waals surface area contributed by atoms with Crippen molar-refractivity contribution in [3.63, 3.8) is 0 Å². The van der Waals surface area contributed by atoms with Gasteiger partial charge in [-0.05, 0) is 25.1 Å². The van der Waals surface area contributed by atoms with Gasteiger partial charge in [-0.3, -0.25) is 4.79 Å². The maximum Gasteiger partial charge on any atom is 0.321 e. The highest BCUT2D eigenvalue weighted by molar-refractivity contribution is 7.89. The molecular weight excluding hydrogens is 352 g/mol. The second-order valence-electron chi connectivity index (χ2n) is 5.22. The number of hydrogen-bond donors (Lipinski definition) is 0. The Kier molecular flexibility index (Phi) is 5.93. The molecule has 6 nitrogen and oxygen atoms in total. The fraction of sp³-hybridized carbons (Fsp3) is 0.250. The van der Waals surface area contributed by atoms with E-state index in [0.717, 1.165) is 9.87 Å². The number of halogens is 1. The monoisotopic (exact) mass is 368 g/mol. The molecule has 0 saturated heterocycles. The van der Waals surface area contributed by atoms with Crippen LogP contribution in [0.4, 0.5) is 0 Å². The maximum absolute atomic E-state index is 12.4. The standard InChI is InChI=1S/C16H17ClN2O4S/c1-12-3-6-14(7-4-12)24(21,22)19(2)10-16(20)23-11-13-5-8-15(17)18-9-13/h3-9H,10-11H2,1-2H3. The Balaban J connectivity index is 1.95. The number of carbonyl (C=O) groups excluding carboxylic acids is 1. The highest BCUT2D eigenvalue weighted by atomic mass is 35.5. The molecule has 0 aliphatic carbocycles. The highest BCUT2D eigenvalue weighted by Gasteiger charge is 2.23. The van der Waals surface area contributed by atoms with Gasteiger partial charge >= 0.3 is 5.97 Å². The zero-order chi connectivity index (χ0) is 17.7. The Bertz CT molecular complexity index is 805. The number of aromatic nitrogens is 1. The molecule has 1 heterocycles. The number of likely N-dealkylation sites (N-methyl/N-ethyl adjacent to an activating group) is 1. The first kappa shape index (κ1) is 18.4. The number of sulfonamides is 1. The van der Waals surface area contributed by atoms with Crippen molar-refractivity contribution in [3.8, 4) is 0 Å². The summed E-state index contributed by atoms with van der Waals surface area (Å²) >= 11 is 5.67. The van der Waals surface area contributed by atoms with Crippen LogP contribution in [0.25, 0.3) is 0 Å². The van der Waals surface area contributed by atoms with Gasteiger partial charge in [-0.2, -0.15) is 4.31 Å². The lowest BCUT2D eigenvalue weighted by Crippen LogP contribution is -2.33. The minimum absolute atomic E-state index is 0.00141. The normalized spacial score (nSPS) is 11.5. The van der Waals surface area contributed by atoms with Crippen LogP contribution in [0.2, 0.25) is 5.15 Å². The number of esters is 1. The number of ether oxygens (including phenoxy) is 1. The molecule has 0 saturated carbocycles. The molecule has 1 aromatic heterocycles. The molecule has 24 heavy (non-hydrogen) atoms. The van der Waals surface area contributed by atoms with Gasteiger partial charge in [0.05, 0.1) is 4.90 Å². The first-order chi connectivity index (χ1) is 11.3. The number of carbonyl (C=O) groups is 1. The maximum atomic E-state index is 12.4. The summed E-state index contributed by atoms with van der Waals surface area (Å²) in [6.07, 6.45) is 1.49. The van der Waals surface area contributed by atoms with Gasteiger partial charge in [0.2, 0.25) is 10.0 Å². The van der Waals surface area contributed by atoms with Gasteiger partial charge in [0, 0.05) is 18.8 Å². The van der Waals surface area contributed by atoms with Gasteiger partial charge in [0.1, 0.15) is 18.3 Å². The molecule has 8 heteroatoms. The zero-order valence-electron chi connectivity index (χ0n) is 13.3. The minimum Gasteiger partial charge on any atom is -0.460 e. The minimum atomic E-state index is -3.74. The second-order valence-corrected chi connectivity index (χ2v) is 7.66. The second kappa shape index (κ2) is 7.74. The lowest BCUT2D eigenvalue weighted by Gasteiger charge is -2.16. The lowest BCUT2D eigenvalue weighted by molar-refractivity contribution is -0.144. The zero-order valence-corrected chi connectivity index (χ0v) is 14.8. The molecule has 0 spiro atoms. The molecule has 0 fully saturated rings. The fourth-order valence-electron chi connectivity index (χ4n) is 1.86. The number of benzene rings is 1. The van der Waals surface area contributed by atoms with Gasteiger partial charge in [-0.15, -0.1) is 0 Å². The SMILES string of the molecule is Cc1ccc(S(=O)(=O)N(C)CC(=O)OCc2ccc(Cl)nc2)cc1. The number of pyridine rings is 1. The molecule has 0 atom stereocenters. The summed E-state index contributed by atoms with van der Waals surface area (Å²) in [7, 11) is -2.40. The van der Waals surface area contributed by atoms with E-state index in [1.807, 2.05) is 6.92 Å². The Hall–Kier alpha value is -1.96. The van der Waals surface area contributed by atoms with Crippen LogP contribution in [0.3, 0.4) is 0 Å². The van der Waals surface area contributed by atoms with Crippen molar-refractivity contribution < 1.29 is 17.9 Å². The number of aryl methyl sites for hydroxylation is 1. The summed E-state index contributed by atoms with van der Waals surface area (Å²) in [5.41, 5.74) is 1.62. The van der Waals surface area contributed by atoms with Crippen molar-refractivity contribution in [2.24, 2.45) is 0 Å². The average molecular weight is 369 g/mol. The van der Waals surface area contributed by atoms with Gasteiger partial charge in [-0.1, -0.05) is 35.4 Å². The number of nitrogens with zero attached hydrogens (tertiary/aromatic N) is 2. The van der Waals surface area contributed by atoms with E-state index in [-0.39, 0.29) is 18.0 Å². The molecule has 0 aliphatic rings. The van der Waals surface area contributed by atoms with Crippen LogP contribution in [-0.4, -0.2) is 37.3 Å². The van der Waals surface area contributed by atoms with Crippen LogP contribution in [-0.2, 0) is 26.2 Å². The summed E-state index contributed by atoms with van der Waals surface area (Å²) in [6.45, 7) is 1.49. The van der Waals surface area contributed by atoms with Crippen LogP contribution in [0.15, 0.2) is 47.5 Å². The summed E-state index contributed by atoms with van der Waals surface area (Å²) < 4.78 is 30.8. The van der Waals surface area contributed by atoms with E-state index in [1.54, 1.807) is 24.3 Å². The lowest BCUT2D eigenvalue weighted by atomic mass is 10.2. The molecule has 0 aliphatic heterocycles. The quantitative estimate of drug-likeness (QED) is 0.578. The summed E-state index contributed by atoms with van der Waals surface area (Å²) in [6, 6.07) is 9.67. The van der Waals surface area contributed by atoms with Crippen molar-refractivity contribution in [1.82, 2.24) is 9.29 Å². The van der Waals surface area contributed by atoms with E-state index in [0.29, 0.717) is 10.7 Å². The van der Waals surface area contributed by atoms with E-state index in [2.05, 4.69) is 4.98 Å². The molecule has 0 radical (unpaired) electrons. The van der Waals surface area contributed by atoms with Crippen LogP contribution in [0, 0.1) is 6.92 Å². The van der Waals surface area contributed by atoms with Crippen LogP contribution < -0.4 is 0 Å². The van der Waals surface area contributed by atoms with Crippen molar-refractivity contribution in [2.45, 2.75) is 18.4 Å². The summed E-state index contributed by atoms with van der Waals surface area (Å²) in [4.78, 5) is 15.9. The van der Waals surface area contributed by atoms with E-state index in [9.17, 15) is 13.2 Å². The van der Waals surface area contributed by atoms with Gasteiger partial charge < -0.3 is 4.74 Å². The Morgan fingerprint density at radius 3 is 2.46 bits per heavy atom. The molecule has 0 amide bonds. The molecule has 0 bridgehead atoms. The third-order valence-corrected chi connectivity index (χ3v) is 5.31. The van der Waals surface area contributed by atoms with Crippen molar-refractivity contribution in [3.05, 3.63) is 58.9 Å². The van der Waals surface area contributed by atoms with Crippen molar-refractivity contribution in [1.29, 1.82) is 0 Å². The molecule has 1 aromatic carbocycles. The molecule has 128 valence electrons. The topological polar surface area (TPSA) is 76.6 Å². The Labute approximate surface area is 146 Å². The van der Waals surface area contributed by atoms with Gasteiger partial charge in [0.25, 0.3) is 0 Å². The van der Waals surface area contributed by atoms with Crippen molar-refractivity contribution in [2.75, 3.05) is 13.6 Å². The van der Waals surface area contributed by atoms with E-state index >= 15 is 0 Å².